The van der Waals surface area contributed by atoms with E-state index in [9.17, 15) is 9.18 Å². The van der Waals surface area contributed by atoms with E-state index in [1.807, 2.05) is 16.8 Å². The third-order valence-corrected chi connectivity index (χ3v) is 3.56. The van der Waals surface area contributed by atoms with E-state index in [-0.39, 0.29) is 11.4 Å². The molecule has 0 radical (unpaired) electrons. The monoisotopic (exact) mass is 285 g/mol. The molecule has 0 aliphatic carbocycles. The molecule has 1 aromatic carbocycles. The first-order chi connectivity index (χ1) is 10.1. The average molecular weight is 285 g/mol. The molecule has 0 aliphatic heterocycles. The topological polar surface area (TPSA) is 53.0 Å². The zero-order chi connectivity index (χ0) is 14.8. The van der Waals surface area contributed by atoms with Crippen LogP contribution in [0.4, 0.5) is 10.1 Å². The van der Waals surface area contributed by atoms with Gasteiger partial charge >= 0.3 is 0 Å². The lowest BCUT2D eigenvalue weighted by Gasteiger charge is -2.08. The lowest BCUT2D eigenvalue weighted by molar-refractivity contribution is 0.562. The molecule has 0 spiro atoms. The van der Waals surface area contributed by atoms with Crippen molar-refractivity contribution in [3.63, 3.8) is 0 Å². The molecule has 0 fully saturated rings. The van der Waals surface area contributed by atoms with Crippen molar-refractivity contribution >= 4 is 16.6 Å². The number of nitrogens with zero attached hydrogens (tertiary/aromatic N) is 2. The van der Waals surface area contributed by atoms with Gasteiger partial charge in [-0.1, -0.05) is 6.07 Å². The quantitative estimate of drug-likeness (QED) is 0.801. The molecule has 108 valence electrons. The number of pyridine rings is 1. The molecule has 2 heterocycles. The smallest absolute Gasteiger partial charge is 0.250 e. The summed E-state index contributed by atoms with van der Waals surface area (Å²) in [5, 5.41) is 0.624. The van der Waals surface area contributed by atoms with Gasteiger partial charge in [0.15, 0.2) is 0 Å². The summed E-state index contributed by atoms with van der Waals surface area (Å²) < 4.78 is 17.2. The van der Waals surface area contributed by atoms with Crippen molar-refractivity contribution in [2.75, 3.05) is 5.73 Å². The second-order valence-electron chi connectivity index (χ2n) is 5.03. The Bertz CT molecular complexity index is 835. The van der Waals surface area contributed by atoms with E-state index < -0.39 is 0 Å². The van der Waals surface area contributed by atoms with Crippen LogP contribution in [0.1, 0.15) is 6.42 Å². The highest BCUT2D eigenvalue weighted by atomic mass is 19.1. The number of nitrogen functional groups attached to an aromatic ring is 1. The van der Waals surface area contributed by atoms with E-state index >= 15 is 0 Å². The van der Waals surface area contributed by atoms with Gasteiger partial charge in [-0.25, -0.2) is 4.39 Å². The molecule has 0 saturated heterocycles. The van der Waals surface area contributed by atoms with Gasteiger partial charge in [0.1, 0.15) is 5.82 Å². The van der Waals surface area contributed by atoms with Gasteiger partial charge in [0, 0.05) is 42.6 Å². The largest absolute Gasteiger partial charge is 0.398 e. The molecule has 3 rings (SSSR count). The van der Waals surface area contributed by atoms with Crippen LogP contribution in [-0.4, -0.2) is 9.13 Å². The summed E-state index contributed by atoms with van der Waals surface area (Å²) in [5.74, 6) is -0.210. The predicted molar refractivity (Wildman–Crippen MR) is 81.6 cm³/mol. The van der Waals surface area contributed by atoms with Gasteiger partial charge in [-0.2, -0.15) is 0 Å². The van der Waals surface area contributed by atoms with Crippen LogP contribution in [0.3, 0.4) is 0 Å². The summed E-state index contributed by atoms with van der Waals surface area (Å²) in [6.45, 7) is 1.30. The molecule has 0 saturated carbocycles. The number of halogens is 1. The summed E-state index contributed by atoms with van der Waals surface area (Å²) in [6, 6.07) is 9.90. The SMILES string of the molecule is Nc1ccc(=O)n(CCCn2ccc3c(F)cccc32)c1. The number of aromatic nitrogens is 2. The van der Waals surface area contributed by atoms with E-state index in [1.165, 1.54) is 12.1 Å². The van der Waals surface area contributed by atoms with Gasteiger partial charge in [0.05, 0.1) is 5.52 Å². The normalized spacial score (nSPS) is 11.1. The van der Waals surface area contributed by atoms with Crippen LogP contribution in [0.2, 0.25) is 0 Å². The van der Waals surface area contributed by atoms with Crippen molar-refractivity contribution in [3.05, 3.63) is 65.0 Å². The minimum Gasteiger partial charge on any atom is -0.398 e. The number of benzene rings is 1. The first-order valence-electron chi connectivity index (χ1n) is 6.84. The van der Waals surface area contributed by atoms with Crippen molar-refractivity contribution < 1.29 is 4.39 Å². The fourth-order valence-corrected chi connectivity index (χ4v) is 2.52. The maximum Gasteiger partial charge on any atom is 0.250 e. The Morgan fingerprint density at radius 2 is 1.86 bits per heavy atom. The second kappa shape index (κ2) is 5.44. The number of nitrogens with two attached hydrogens (primary N) is 1. The molecule has 21 heavy (non-hydrogen) atoms. The molecule has 2 N–H and O–H groups in total. The summed E-state index contributed by atoms with van der Waals surface area (Å²) in [4.78, 5) is 11.7. The standard InChI is InChI=1S/C16H16FN3O/c17-14-3-1-4-15-13(14)7-10-19(15)8-2-9-20-11-12(18)5-6-16(20)21/h1,3-7,10-11H,2,8-9,18H2. The fraction of sp³-hybridized carbons (Fsp3) is 0.188. The molecular formula is C16H16FN3O. The van der Waals surface area contributed by atoms with Gasteiger partial charge in [-0.3, -0.25) is 4.79 Å². The third-order valence-electron chi connectivity index (χ3n) is 3.56. The Balaban J connectivity index is 1.74. The first kappa shape index (κ1) is 13.4. The van der Waals surface area contributed by atoms with E-state index in [2.05, 4.69) is 0 Å². The number of rotatable bonds is 4. The van der Waals surface area contributed by atoms with Crippen LogP contribution in [0, 0.1) is 5.82 Å². The molecule has 0 amide bonds. The minimum absolute atomic E-state index is 0.0624. The van der Waals surface area contributed by atoms with Gasteiger partial charge in [0.2, 0.25) is 0 Å². The Labute approximate surface area is 121 Å². The van der Waals surface area contributed by atoms with Gasteiger partial charge in [-0.15, -0.1) is 0 Å². The number of hydrogen-bond acceptors (Lipinski definition) is 2. The average Bonchev–Trinajstić information content (AvgIpc) is 2.88. The molecule has 4 nitrogen and oxygen atoms in total. The Hall–Kier alpha value is -2.56. The second-order valence-corrected chi connectivity index (χ2v) is 5.03. The Kier molecular flexibility index (Phi) is 3.48. The van der Waals surface area contributed by atoms with Gasteiger partial charge < -0.3 is 14.9 Å². The maximum atomic E-state index is 13.6. The molecule has 3 aromatic rings. The van der Waals surface area contributed by atoms with Crippen molar-refractivity contribution in [1.82, 2.24) is 9.13 Å². The van der Waals surface area contributed by atoms with E-state index in [0.29, 0.717) is 24.2 Å². The minimum atomic E-state index is -0.210. The van der Waals surface area contributed by atoms with E-state index in [0.717, 1.165) is 11.9 Å². The Morgan fingerprint density at radius 1 is 1.05 bits per heavy atom. The van der Waals surface area contributed by atoms with E-state index in [1.54, 1.807) is 29.0 Å². The van der Waals surface area contributed by atoms with Crippen molar-refractivity contribution in [2.45, 2.75) is 19.5 Å². The van der Waals surface area contributed by atoms with E-state index in [4.69, 9.17) is 5.73 Å². The molecule has 0 bridgehead atoms. The van der Waals surface area contributed by atoms with Gasteiger partial charge in [-0.05, 0) is 30.7 Å². The highest BCUT2D eigenvalue weighted by Crippen LogP contribution is 2.19. The number of aryl methyl sites for hydroxylation is 2. The van der Waals surface area contributed by atoms with Crippen LogP contribution in [0.15, 0.2) is 53.6 Å². The van der Waals surface area contributed by atoms with Crippen LogP contribution in [-0.2, 0) is 13.1 Å². The van der Waals surface area contributed by atoms with Crippen molar-refractivity contribution in [3.8, 4) is 0 Å². The maximum absolute atomic E-state index is 13.6. The number of anilines is 1. The van der Waals surface area contributed by atoms with Gasteiger partial charge in [0.25, 0.3) is 5.56 Å². The number of hydrogen-bond donors (Lipinski definition) is 1. The molecule has 2 aromatic heterocycles. The predicted octanol–water partition coefficient (Wildman–Crippen LogP) is 2.61. The van der Waals surface area contributed by atoms with Crippen LogP contribution < -0.4 is 11.3 Å². The van der Waals surface area contributed by atoms with Crippen molar-refractivity contribution in [2.24, 2.45) is 0 Å². The van der Waals surface area contributed by atoms with Crippen LogP contribution in [0.5, 0.6) is 0 Å². The molecule has 0 atom stereocenters. The van der Waals surface area contributed by atoms with Crippen LogP contribution >= 0.6 is 0 Å². The first-order valence-corrected chi connectivity index (χ1v) is 6.84. The molecule has 5 heteroatoms. The Morgan fingerprint density at radius 3 is 2.71 bits per heavy atom. The molecule has 0 aliphatic rings. The van der Waals surface area contributed by atoms with Crippen LogP contribution in [0.25, 0.3) is 10.9 Å². The fourth-order valence-electron chi connectivity index (χ4n) is 2.52. The third kappa shape index (κ3) is 2.67. The zero-order valence-electron chi connectivity index (χ0n) is 11.5. The summed E-state index contributed by atoms with van der Waals surface area (Å²) in [5.41, 5.74) is 7.06. The summed E-state index contributed by atoms with van der Waals surface area (Å²) >= 11 is 0. The van der Waals surface area contributed by atoms with Crippen molar-refractivity contribution in [1.29, 1.82) is 0 Å². The highest BCUT2D eigenvalue weighted by Gasteiger charge is 2.05. The molecular weight excluding hydrogens is 269 g/mol. The summed E-state index contributed by atoms with van der Waals surface area (Å²) in [7, 11) is 0. The zero-order valence-corrected chi connectivity index (χ0v) is 11.5. The highest BCUT2D eigenvalue weighted by molar-refractivity contribution is 5.80. The molecule has 0 unspecified atom stereocenters. The number of fused-ring (bicyclic) bond motifs is 1. The lowest BCUT2D eigenvalue weighted by Crippen LogP contribution is -2.19. The summed E-state index contributed by atoms with van der Waals surface area (Å²) in [6.07, 6.45) is 4.29. The lowest BCUT2D eigenvalue weighted by atomic mass is 10.2.